The molecule has 0 unspecified atom stereocenters. The van der Waals surface area contributed by atoms with Crippen molar-refractivity contribution in [1.82, 2.24) is 4.90 Å². The highest BCUT2D eigenvalue weighted by Gasteiger charge is 2.33. The highest BCUT2D eigenvalue weighted by molar-refractivity contribution is 5.76. The van der Waals surface area contributed by atoms with Crippen LogP contribution in [0.3, 0.4) is 0 Å². The fourth-order valence-corrected chi connectivity index (χ4v) is 2.54. The van der Waals surface area contributed by atoms with Crippen molar-refractivity contribution in [3.8, 4) is 0 Å². The molecule has 0 radical (unpaired) electrons. The van der Waals surface area contributed by atoms with Crippen molar-refractivity contribution in [2.24, 2.45) is 5.41 Å². The third kappa shape index (κ3) is 6.42. The summed E-state index contributed by atoms with van der Waals surface area (Å²) in [6, 6.07) is -0.0146. The maximum atomic E-state index is 12.2. The topological polar surface area (TPSA) is 29.5 Å². The normalized spacial score (nSPS) is 21.7. The lowest BCUT2D eigenvalue weighted by molar-refractivity contribution is -0.160. The van der Waals surface area contributed by atoms with E-state index < -0.39 is 0 Å². The lowest BCUT2D eigenvalue weighted by Crippen LogP contribution is -2.41. The van der Waals surface area contributed by atoms with E-state index in [1.165, 1.54) is 6.42 Å². The molecule has 112 valence electrons. The molecule has 0 N–H and O–H groups in total. The van der Waals surface area contributed by atoms with Gasteiger partial charge in [-0.25, -0.2) is 0 Å². The van der Waals surface area contributed by atoms with Crippen LogP contribution in [0.25, 0.3) is 0 Å². The quantitative estimate of drug-likeness (QED) is 0.730. The molecule has 0 amide bonds. The van der Waals surface area contributed by atoms with Gasteiger partial charge in [0.15, 0.2) is 0 Å². The van der Waals surface area contributed by atoms with Gasteiger partial charge in [0.1, 0.15) is 11.6 Å². The van der Waals surface area contributed by atoms with Crippen molar-refractivity contribution >= 4 is 5.97 Å². The summed E-state index contributed by atoms with van der Waals surface area (Å²) in [7, 11) is 0. The van der Waals surface area contributed by atoms with Crippen LogP contribution in [0.4, 0.5) is 0 Å². The Morgan fingerprint density at radius 3 is 2.37 bits per heavy atom. The Morgan fingerprint density at radius 1 is 1.21 bits per heavy atom. The molecule has 0 aromatic rings. The number of hydrogen-bond donors (Lipinski definition) is 0. The molecule has 1 saturated heterocycles. The predicted molar refractivity (Wildman–Crippen MR) is 79.1 cm³/mol. The van der Waals surface area contributed by atoms with Crippen LogP contribution in [-0.2, 0) is 9.53 Å². The Kier molecular flexibility index (Phi) is 5.43. The van der Waals surface area contributed by atoms with E-state index in [2.05, 4.69) is 25.7 Å². The maximum Gasteiger partial charge on any atom is 0.323 e. The molecular formula is C16H31NO2. The molecule has 0 spiro atoms. The highest BCUT2D eigenvalue weighted by Crippen LogP contribution is 2.24. The molecule has 1 atom stereocenters. The molecule has 0 bridgehead atoms. The molecule has 0 saturated carbocycles. The van der Waals surface area contributed by atoms with E-state index in [0.29, 0.717) is 5.41 Å². The SMILES string of the molecule is CC(C)(C)CCCN1CCC[C@H]1C(=O)OC(C)(C)C. The van der Waals surface area contributed by atoms with Crippen LogP contribution in [0, 0.1) is 5.41 Å². The molecule has 1 aliphatic rings. The minimum atomic E-state index is -0.378. The number of rotatable bonds is 4. The first-order chi connectivity index (χ1) is 8.58. The highest BCUT2D eigenvalue weighted by atomic mass is 16.6. The van der Waals surface area contributed by atoms with Gasteiger partial charge in [-0.2, -0.15) is 0 Å². The molecule has 0 aliphatic carbocycles. The fourth-order valence-electron chi connectivity index (χ4n) is 2.54. The largest absolute Gasteiger partial charge is 0.459 e. The summed E-state index contributed by atoms with van der Waals surface area (Å²) >= 11 is 0. The van der Waals surface area contributed by atoms with Gasteiger partial charge in [-0.1, -0.05) is 20.8 Å². The number of ether oxygens (including phenoxy) is 1. The first-order valence-electron chi connectivity index (χ1n) is 7.55. The van der Waals surface area contributed by atoms with Crippen LogP contribution in [0.15, 0.2) is 0 Å². The number of hydrogen-bond acceptors (Lipinski definition) is 3. The summed E-state index contributed by atoms with van der Waals surface area (Å²) in [5.74, 6) is -0.0410. The summed E-state index contributed by atoms with van der Waals surface area (Å²) < 4.78 is 5.52. The summed E-state index contributed by atoms with van der Waals surface area (Å²) in [6.07, 6.45) is 4.41. The third-order valence-corrected chi connectivity index (χ3v) is 3.41. The monoisotopic (exact) mass is 269 g/mol. The lowest BCUT2D eigenvalue weighted by Gasteiger charge is -2.28. The summed E-state index contributed by atoms with van der Waals surface area (Å²) in [4.78, 5) is 14.5. The number of carbonyl (C=O) groups excluding carboxylic acids is 1. The average molecular weight is 269 g/mol. The average Bonchev–Trinajstić information content (AvgIpc) is 2.61. The fraction of sp³-hybridized carbons (Fsp3) is 0.938. The molecule has 1 rings (SSSR count). The van der Waals surface area contributed by atoms with Crippen molar-refractivity contribution in [2.75, 3.05) is 13.1 Å². The zero-order valence-corrected chi connectivity index (χ0v) is 13.6. The zero-order valence-electron chi connectivity index (χ0n) is 13.6. The van der Waals surface area contributed by atoms with Crippen molar-refractivity contribution in [1.29, 1.82) is 0 Å². The van der Waals surface area contributed by atoms with Gasteiger partial charge in [0.25, 0.3) is 0 Å². The molecule has 0 aromatic heterocycles. The second-order valence-corrected chi connectivity index (χ2v) is 7.89. The van der Waals surface area contributed by atoms with E-state index in [0.717, 1.165) is 32.4 Å². The summed E-state index contributed by atoms with van der Waals surface area (Å²) in [5, 5.41) is 0. The first kappa shape index (κ1) is 16.5. The van der Waals surface area contributed by atoms with Gasteiger partial charge < -0.3 is 4.74 Å². The van der Waals surface area contributed by atoms with E-state index in [9.17, 15) is 4.79 Å². The number of likely N-dealkylation sites (tertiary alicyclic amines) is 1. The molecule has 19 heavy (non-hydrogen) atoms. The smallest absolute Gasteiger partial charge is 0.323 e. The van der Waals surface area contributed by atoms with Crippen LogP contribution in [0.2, 0.25) is 0 Å². The van der Waals surface area contributed by atoms with Gasteiger partial charge in [0, 0.05) is 0 Å². The molecule has 3 nitrogen and oxygen atoms in total. The molecule has 1 heterocycles. The summed E-state index contributed by atoms with van der Waals surface area (Å²) in [6.45, 7) is 14.7. The van der Waals surface area contributed by atoms with Crippen molar-refractivity contribution in [3.63, 3.8) is 0 Å². The molecular weight excluding hydrogens is 238 g/mol. The maximum absolute atomic E-state index is 12.2. The third-order valence-electron chi connectivity index (χ3n) is 3.41. The minimum absolute atomic E-state index is 0.0146. The van der Waals surface area contributed by atoms with E-state index >= 15 is 0 Å². The standard InChI is InChI=1S/C16H31NO2/c1-15(2,3)10-8-12-17-11-7-9-13(17)14(18)19-16(4,5)6/h13H,7-12H2,1-6H3/t13-/m0/s1. The van der Waals surface area contributed by atoms with Crippen LogP contribution < -0.4 is 0 Å². The van der Waals surface area contributed by atoms with Gasteiger partial charge in [0.05, 0.1) is 0 Å². The van der Waals surface area contributed by atoms with Gasteiger partial charge >= 0.3 is 5.97 Å². The molecule has 3 heteroatoms. The number of esters is 1. The van der Waals surface area contributed by atoms with Gasteiger partial charge in [0.2, 0.25) is 0 Å². The Bertz CT molecular complexity index is 299. The van der Waals surface area contributed by atoms with Gasteiger partial charge in [-0.3, -0.25) is 9.69 Å². The first-order valence-corrected chi connectivity index (χ1v) is 7.55. The molecule has 1 fully saturated rings. The predicted octanol–water partition coefficient (Wildman–Crippen LogP) is 3.62. The van der Waals surface area contributed by atoms with Crippen molar-refractivity contribution < 1.29 is 9.53 Å². The Morgan fingerprint density at radius 2 is 1.84 bits per heavy atom. The van der Waals surface area contributed by atoms with E-state index in [1.54, 1.807) is 0 Å². The van der Waals surface area contributed by atoms with Gasteiger partial charge in [-0.05, 0) is 65.0 Å². The lowest BCUT2D eigenvalue weighted by atomic mass is 9.90. The molecule has 0 aromatic carbocycles. The number of carbonyl (C=O) groups is 1. The van der Waals surface area contributed by atoms with E-state index in [1.807, 2.05) is 20.8 Å². The zero-order chi connectivity index (χ0) is 14.7. The van der Waals surface area contributed by atoms with Crippen molar-refractivity contribution in [2.45, 2.75) is 78.9 Å². The van der Waals surface area contributed by atoms with Crippen LogP contribution in [-0.4, -0.2) is 35.6 Å². The Labute approximate surface area is 118 Å². The molecule has 1 aliphatic heterocycles. The minimum Gasteiger partial charge on any atom is -0.459 e. The second-order valence-electron chi connectivity index (χ2n) is 7.89. The van der Waals surface area contributed by atoms with E-state index in [4.69, 9.17) is 4.74 Å². The van der Waals surface area contributed by atoms with Crippen molar-refractivity contribution in [3.05, 3.63) is 0 Å². The van der Waals surface area contributed by atoms with E-state index in [-0.39, 0.29) is 17.6 Å². The Balaban J connectivity index is 2.43. The van der Waals surface area contributed by atoms with Crippen LogP contribution >= 0.6 is 0 Å². The van der Waals surface area contributed by atoms with Crippen LogP contribution in [0.1, 0.15) is 67.2 Å². The number of nitrogens with zero attached hydrogens (tertiary/aromatic N) is 1. The second kappa shape index (κ2) is 6.25. The Hall–Kier alpha value is -0.570. The summed E-state index contributed by atoms with van der Waals surface area (Å²) in [5.41, 5.74) is -0.00209. The van der Waals surface area contributed by atoms with Crippen LogP contribution in [0.5, 0.6) is 0 Å². The van der Waals surface area contributed by atoms with Gasteiger partial charge in [-0.15, -0.1) is 0 Å².